The summed E-state index contributed by atoms with van der Waals surface area (Å²) in [6, 6.07) is 1.47. The molecular weight excluding hydrogens is 262 g/mol. The van der Waals surface area contributed by atoms with E-state index in [1.165, 1.54) is 71.1 Å². The van der Waals surface area contributed by atoms with Crippen molar-refractivity contribution in [1.29, 1.82) is 0 Å². The number of rotatable bonds is 6. The van der Waals surface area contributed by atoms with E-state index in [9.17, 15) is 5.11 Å². The topological polar surface area (TPSA) is 38.7 Å². The molecule has 2 N–H and O–H groups in total. The third-order valence-electron chi connectivity index (χ3n) is 6.14. The number of nitrogens with zero attached hydrogens (tertiary/aromatic N) is 2. The highest BCUT2D eigenvalue weighted by Gasteiger charge is 2.48. The minimum Gasteiger partial charge on any atom is -0.394 e. The van der Waals surface area contributed by atoms with E-state index in [0.717, 1.165) is 12.6 Å². The van der Waals surface area contributed by atoms with Gasteiger partial charge in [0.1, 0.15) is 0 Å². The molecule has 0 aromatic carbocycles. The highest BCUT2D eigenvalue weighted by atomic mass is 16.3. The Hall–Kier alpha value is -0.160. The first kappa shape index (κ1) is 14.4. The van der Waals surface area contributed by atoms with E-state index in [0.29, 0.717) is 18.6 Å². The molecule has 4 rings (SSSR count). The van der Waals surface area contributed by atoms with Crippen LogP contribution in [0.25, 0.3) is 0 Å². The molecule has 2 saturated carbocycles. The molecule has 2 unspecified atom stereocenters. The van der Waals surface area contributed by atoms with Gasteiger partial charge in [0.2, 0.25) is 0 Å². The number of hydrogen-bond acceptors (Lipinski definition) is 4. The van der Waals surface area contributed by atoms with Gasteiger partial charge in [0.15, 0.2) is 0 Å². The fraction of sp³-hybridized carbons (Fsp3) is 1.00. The van der Waals surface area contributed by atoms with Crippen LogP contribution in [0.2, 0.25) is 0 Å². The quantitative estimate of drug-likeness (QED) is 0.768. The number of aliphatic hydroxyl groups excluding tert-OH is 1. The fourth-order valence-electron chi connectivity index (χ4n) is 4.55. The maximum atomic E-state index is 10.1. The van der Waals surface area contributed by atoms with Gasteiger partial charge in [-0.05, 0) is 51.0 Å². The van der Waals surface area contributed by atoms with Crippen LogP contribution in [0, 0.1) is 5.92 Å². The molecule has 2 aliphatic carbocycles. The van der Waals surface area contributed by atoms with Crippen LogP contribution in [0.1, 0.15) is 44.9 Å². The first-order valence-electron chi connectivity index (χ1n) is 9.14. The monoisotopic (exact) mass is 293 g/mol. The van der Waals surface area contributed by atoms with Crippen molar-refractivity contribution in [2.45, 2.75) is 62.6 Å². The van der Waals surface area contributed by atoms with Gasteiger partial charge in [-0.25, -0.2) is 0 Å². The Morgan fingerprint density at radius 3 is 2.57 bits per heavy atom. The summed E-state index contributed by atoms with van der Waals surface area (Å²) in [5.74, 6) is 0.715. The fourth-order valence-corrected chi connectivity index (χ4v) is 4.55. The van der Waals surface area contributed by atoms with Crippen molar-refractivity contribution in [2.75, 3.05) is 39.3 Å². The lowest BCUT2D eigenvalue weighted by atomic mass is 9.91. The SMILES string of the molecule is OCC(CN1CCN2CCCCC2C1)(NC1CC1)C1CC1. The van der Waals surface area contributed by atoms with Crippen LogP contribution in [0.4, 0.5) is 0 Å². The molecule has 2 aliphatic heterocycles. The zero-order valence-corrected chi connectivity index (χ0v) is 13.3. The summed E-state index contributed by atoms with van der Waals surface area (Å²) in [5.41, 5.74) is -0.00198. The lowest BCUT2D eigenvalue weighted by Gasteiger charge is -2.47. The highest BCUT2D eigenvalue weighted by Crippen LogP contribution is 2.42. The van der Waals surface area contributed by atoms with Crippen LogP contribution in [-0.2, 0) is 0 Å². The van der Waals surface area contributed by atoms with Gasteiger partial charge in [-0.1, -0.05) is 6.42 Å². The molecule has 0 aromatic rings. The largest absolute Gasteiger partial charge is 0.394 e. The molecule has 2 saturated heterocycles. The first-order chi connectivity index (χ1) is 10.3. The smallest absolute Gasteiger partial charge is 0.0628 e. The molecule has 2 heterocycles. The van der Waals surface area contributed by atoms with E-state index in [1.807, 2.05) is 0 Å². The molecule has 0 amide bonds. The summed E-state index contributed by atoms with van der Waals surface area (Å²) in [4.78, 5) is 5.35. The number of aliphatic hydroxyl groups is 1. The molecule has 0 spiro atoms. The van der Waals surface area contributed by atoms with Gasteiger partial charge >= 0.3 is 0 Å². The summed E-state index contributed by atoms with van der Waals surface area (Å²) in [6.45, 7) is 6.35. The number of hydrogen-bond donors (Lipinski definition) is 2. The Balaban J connectivity index is 1.40. The summed E-state index contributed by atoms with van der Waals surface area (Å²) < 4.78 is 0. The first-order valence-corrected chi connectivity index (χ1v) is 9.14. The van der Waals surface area contributed by atoms with Crippen LogP contribution in [0.5, 0.6) is 0 Å². The van der Waals surface area contributed by atoms with Gasteiger partial charge in [-0.15, -0.1) is 0 Å². The van der Waals surface area contributed by atoms with Crippen molar-refractivity contribution in [1.82, 2.24) is 15.1 Å². The van der Waals surface area contributed by atoms with Gasteiger partial charge in [-0.3, -0.25) is 9.80 Å². The van der Waals surface area contributed by atoms with Crippen molar-refractivity contribution in [3.8, 4) is 0 Å². The van der Waals surface area contributed by atoms with E-state index < -0.39 is 0 Å². The normalized spacial score (nSPS) is 34.4. The summed E-state index contributed by atoms with van der Waals surface area (Å²) in [5, 5.41) is 14.0. The van der Waals surface area contributed by atoms with Crippen molar-refractivity contribution < 1.29 is 5.11 Å². The van der Waals surface area contributed by atoms with Gasteiger partial charge in [-0.2, -0.15) is 0 Å². The van der Waals surface area contributed by atoms with Crippen molar-refractivity contribution in [3.05, 3.63) is 0 Å². The number of fused-ring (bicyclic) bond motifs is 1. The van der Waals surface area contributed by atoms with Gasteiger partial charge < -0.3 is 10.4 Å². The molecule has 4 heteroatoms. The molecule has 21 heavy (non-hydrogen) atoms. The number of piperazine rings is 1. The third-order valence-corrected chi connectivity index (χ3v) is 6.14. The molecule has 120 valence electrons. The predicted octanol–water partition coefficient (Wildman–Crippen LogP) is 1.05. The standard InChI is InChI=1S/C17H31N3O/c21-13-17(14-4-5-14,18-15-6-7-15)12-19-9-10-20-8-2-1-3-16(20)11-19/h14-16,18,21H,1-13H2. The Morgan fingerprint density at radius 1 is 1.00 bits per heavy atom. The van der Waals surface area contributed by atoms with Gasteiger partial charge in [0.05, 0.1) is 12.1 Å². The molecule has 0 bridgehead atoms. The van der Waals surface area contributed by atoms with Crippen molar-refractivity contribution in [3.63, 3.8) is 0 Å². The molecule has 0 aromatic heterocycles. The average molecular weight is 293 g/mol. The highest BCUT2D eigenvalue weighted by molar-refractivity contribution is 5.06. The van der Waals surface area contributed by atoms with E-state index in [2.05, 4.69) is 15.1 Å². The molecular formula is C17H31N3O. The molecule has 0 radical (unpaired) electrons. The van der Waals surface area contributed by atoms with Gasteiger partial charge in [0.25, 0.3) is 0 Å². The second kappa shape index (κ2) is 5.80. The summed E-state index contributed by atoms with van der Waals surface area (Å²) in [6.07, 6.45) is 9.41. The van der Waals surface area contributed by atoms with Gasteiger partial charge in [0, 0.05) is 38.3 Å². The zero-order chi connectivity index (χ0) is 14.3. The Kier molecular flexibility index (Phi) is 3.99. The third kappa shape index (κ3) is 3.14. The van der Waals surface area contributed by atoms with E-state index >= 15 is 0 Å². The van der Waals surface area contributed by atoms with Crippen molar-refractivity contribution >= 4 is 0 Å². The van der Waals surface area contributed by atoms with Crippen LogP contribution >= 0.6 is 0 Å². The van der Waals surface area contributed by atoms with Crippen molar-refractivity contribution in [2.24, 2.45) is 5.92 Å². The molecule has 4 fully saturated rings. The minimum atomic E-state index is -0.00198. The zero-order valence-electron chi connectivity index (χ0n) is 13.3. The Morgan fingerprint density at radius 2 is 1.86 bits per heavy atom. The molecule has 4 nitrogen and oxygen atoms in total. The minimum absolute atomic E-state index is 0.00198. The van der Waals surface area contributed by atoms with E-state index in [1.54, 1.807) is 0 Å². The molecule has 4 aliphatic rings. The lowest BCUT2D eigenvalue weighted by Crippen LogP contribution is -2.63. The predicted molar refractivity (Wildman–Crippen MR) is 84.4 cm³/mol. The van der Waals surface area contributed by atoms with Crippen LogP contribution < -0.4 is 5.32 Å². The molecule has 2 atom stereocenters. The van der Waals surface area contributed by atoms with Crippen LogP contribution in [-0.4, -0.2) is 71.9 Å². The average Bonchev–Trinajstić information content (AvgIpc) is 3.38. The second-order valence-electron chi connectivity index (χ2n) is 7.93. The Labute approximate surface area is 128 Å². The summed E-state index contributed by atoms with van der Waals surface area (Å²) in [7, 11) is 0. The number of nitrogens with one attached hydrogen (secondary N) is 1. The second-order valence-corrected chi connectivity index (χ2v) is 7.93. The summed E-state index contributed by atoms with van der Waals surface area (Å²) >= 11 is 0. The van der Waals surface area contributed by atoms with E-state index in [-0.39, 0.29) is 5.54 Å². The maximum Gasteiger partial charge on any atom is 0.0628 e. The Bertz CT molecular complexity index is 369. The number of piperidine rings is 1. The lowest BCUT2D eigenvalue weighted by molar-refractivity contribution is 0.0173. The maximum absolute atomic E-state index is 10.1. The van der Waals surface area contributed by atoms with Crippen LogP contribution in [0.15, 0.2) is 0 Å². The van der Waals surface area contributed by atoms with E-state index in [4.69, 9.17) is 0 Å². The van der Waals surface area contributed by atoms with Crippen LogP contribution in [0.3, 0.4) is 0 Å².